The molecule has 0 N–H and O–H groups in total. The van der Waals surface area contributed by atoms with Gasteiger partial charge in [0.1, 0.15) is 5.82 Å². The van der Waals surface area contributed by atoms with Crippen molar-refractivity contribution in [3.63, 3.8) is 0 Å². The molecule has 0 atom stereocenters. The van der Waals surface area contributed by atoms with E-state index in [9.17, 15) is 9.18 Å². The van der Waals surface area contributed by atoms with Crippen LogP contribution in [0.3, 0.4) is 0 Å². The molecule has 0 fully saturated rings. The maximum atomic E-state index is 13.2. The number of carbonyl (C=O) groups is 1. The van der Waals surface area contributed by atoms with Crippen molar-refractivity contribution in [2.24, 2.45) is 7.05 Å². The molecule has 18 heavy (non-hydrogen) atoms. The molecule has 0 unspecified atom stereocenters. The van der Waals surface area contributed by atoms with Crippen LogP contribution in [0.1, 0.15) is 21.7 Å². The molecule has 0 radical (unpaired) electrons. The minimum absolute atomic E-state index is 0.127. The Balaban J connectivity index is 2.24. The lowest BCUT2D eigenvalue weighted by Gasteiger charge is -2.03. The Kier molecular flexibility index (Phi) is 3.61. The van der Waals surface area contributed by atoms with Gasteiger partial charge in [-0.05, 0) is 31.2 Å². The summed E-state index contributed by atoms with van der Waals surface area (Å²) in [5, 5.41) is 4.17. The Hall–Kier alpha value is -1.49. The molecule has 5 heteroatoms. The van der Waals surface area contributed by atoms with E-state index in [0.717, 1.165) is 11.4 Å². The van der Waals surface area contributed by atoms with Crippen LogP contribution in [0.4, 0.5) is 4.39 Å². The SMILES string of the molecule is Cc1cc(CC(=O)c2cc(F)cc(Br)c2)n(C)n1. The van der Waals surface area contributed by atoms with Crippen LogP contribution in [-0.2, 0) is 13.5 Å². The van der Waals surface area contributed by atoms with Crippen LogP contribution >= 0.6 is 15.9 Å². The van der Waals surface area contributed by atoms with Gasteiger partial charge in [-0.3, -0.25) is 9.48 Å². The van der Waals surface area contributed by atoms with Gasteiger partial charge in [0.05, 0.1) is 12.1 Å². The minimum atomic E-state index is -0.422. The molecule has 0 aliphatic heterocycles. The van der Waals surface area contributed by atoms with Crippen molar-refractivity contribution in [3.8, 4) is 0 Å². The lowest BCUT2D eigenvalue weighted by molar-refractivity contribution is 0.0990. The highest BCUT2D eigenvalue weighted by Gasteiger charge is 2.12. The van der Waals surface area contributed by atoms with E-state index < -0.39 is 5.82 Å². The number of benzene rings is 1. The molecule has 1 aromatic carbocycles. The lowest BCUT2D eigenvalue weighted by Crippen LogP contribution is -2.08. The Morgan fingerprint density at radius 3 is 2.67 bits per heavy atom. The highest BCUT2D eigenvalue weighted by molar-refractivity contribution is 9.10. The first-order valence-electron chi connectivity index (χ1n) is 5.44. The molecular formula is C13H12BrFN2O. The Labute approximate surface area is 113 Å². The van der Waals surface area contributed by atoms with E-state index >= 15 is 0 Å². The largest absolute Gasteiger partial charge is 0.294 e. The molecule has 1 heterocycles. The van der Waals surface area contributed by atoms with Crippen LogP contribution in [0.15, 0.2) is 28.7 Å². The van der Waals surface area contributed by atoms with Crippen LogP contribution < -0.4 is 0 Å². The molecule has 0 saturated heterocycles. The number of ketones is 1. The van der Waals surface area contributed by atoms with Gasteiger partial charge in [0.2, 0.25) is 0 Å². The van der Waals surface area contributed by atoms with Crippen LogP contribution in [0.5, 0.6) is 0 Å². The van der Waals surface area contributed by atoms with E-state index in [2.05, 4.69) is 21.0 Å². The molecule has 1 aromatic heterocycles. The van der Waals surface area contributed by atoms with Gasteiger partial charge < -0.3 is 0 Å². The molecule has 0 aliphatic carbocycles. The summed E-state index contributed by atoms with van der Waals surface area (Å²) in [7, 11) is 1.79. The van der Waals surface area contributed by atoms with Crippen molar-refractivity contribution in [2.45, 2.75) is 13.3 Å². The first kappa shape index (κ1) is 13.0. The van der Waals surface area contributed by atoms with E-state index in [0.29, 0.717) is 10.0 Å². The zero-order valence-corrected chi connectivity index (χ0v) is 11.7. The van der Waals surface area contributed by atoms with Crippen molar-refractivity contribution in [1.82, 2.24) is 9.78 Å². The summed E-state index contributed by atoms with van der Waals surface area (Å²) in [5.74, 6) is -0.549. The van der Waals surface area contributed by atoms with E-state index in [-0.39, 0.29) is 12.2 Å². The summed E-state index contributed by atoms with van der Waals surface area (Å²) in [6.07, 6.45) is 0.216. The van der Waals surface area contributed by atoms with E-state index in [4.69, 9.17) is 0 Å². The number of hydrogen-bond donors (Lipinski definition) is 0. The number of halogens is 2. The third kappa shape index (κ3) is 2.85. The average molecular weight is 311 g/mol. The average Bonchev–Trinajstić information content (AvgIpc) is 2.56. The second-order valence-corrected chi connectivity index (χ2v) is 5.07. The Bertz CT molecular complexity index is 587. The Morgan fingerprint density at radius 2 is 2.11 bits per heavy atom. The first-order valence-corrected chi connectivity index (χ1v) is 6.24. The van der Waals surface area contributed by atoms with Crippen LogP contribution in [-0.4, -0.2) is 15.6 Å². The molecule has 0 amide bonds. The molecule has 3 nitrogen and oxygen atoms in total. The van der Waals surface area contributed by atoms with Gasteiger partial charge in [0, 0.05) is 22.8 Å². The fourth-order valence-electron chi connectivity index (χ4n) is 1.81. The summed E-state index contributed by atoms with van der Waals surface area (Å²) >= 11 is 3.18. The molecule has 0 spiro atoms. The maximum Gasteiger partial charge on any atom is 0.168 e. The maximum absolute atomic E-state index is 13.2. The number of Topliss-reactive ketones (excluding diaryl/α,β-unsaturated/α-hetero) is 1. The van der Waals surface area contributed by atoms with Crippen molar-refractivity contribution in [2.75, 3.05) is 0 Å². The number of aromatic nitrogens is 2. The smallest absolute Gasteiger partial charge is 0.168 e. The highest BCUT2D eigenvalue weighted by atomic mass is 79.9. The lowest BCUT2D eigenvalue weighted by atomic mass is 10.1. The normalized spacial score (nSPS) is 10.7. The number of rotatable bonds is 3. The first-order chi connectivity index (χ1) is 8.45. The summed E-state index contributed by atoms with van der Waals surface area (Å²) in [4.78, 5) is 12.1. The van der Waals surface area contributed by atoms with Crippen molar-refractivity contribution < 1.29 is 9.18 Å². The molecule has 94 valence electrons. The van der Waals surface area contributed by atoms with Gasteiger partial charge in [-0.1, -0.05) is 15.9 Å². The van der Waals surface area contributed by atoms with Gasteiger partial charge >= 0.3 is 0 Å². The van der Waals surface area contributed by atoms with Gasteiger partial charge in [0.25, 0.3) is 0 Å². The predicted molar refractivity (Wildman–Crippen MR) is 70.1 cm³/mol. The third-order valence-electron chi connectivity index (χ3n) is 2.63. The fourth-order valence-corrected chi connectivity index (χ4v) is 2.28. The number of hydrogen-bond acceptors (Lipinski definition) is 2. The monoisotopic (exact) mass is 310 g/mol. The van der Waals surface area contributed by atoms with E-state index in [1.54, 1.807) is 17.8 Å². The predicted octanol–water partition coefficient (Wildman–Crippen LogP) is 3.06. The van der Waals surface area contributed by atoms with E-state index in [1.807, 2.05) is 13.0 Å². The molecule has 0 aliphatic rings. The minimum Gasteiger partial charge on any atom is -0.294 e. The number of carbonyl (C=O) groups excluding carboxylic acids is 1. The standard InChI is InChI=1S/C13H12BrFN2O/c1-8-3-12(17(2)16-8)7-13(18)9-4-10(14)6-11(15)5-9/h3-6H,7H2,1-2H3. The molecule has 2 aromatic rings. The molecular weight excluding hydrogens is 299 g/mol. The van der Waals surface area contributed by atoms with Gasteiger partial charge in [0.15, 0.2) is 5.78 Å². The molecule has 0 saturated carbocycles. The van der Waals surface area contributed by atoms with Crippen LogP contribution in [0.25, 0.3) is 0 Å². The van der Waals surface area contributed by atoms with Crippen LogP contribution in [0, 0.1) is 12.7 Å². The Morgan fingerprint density at radius 1 is 1.39 bits per heavy atom. The zero-order valence-electron chi connectivity index (χ0n) is 10.1. The quantitative estimate of drug-likeness (QED) is 0.817. The second kappa shape index (κ2) is 5.02. The number of nitrogens with zero attached hydrogens (tertiary/aromatic N) is 2. The number of aryl methyl sites for hydroxylation is 2. The van der Waals surface area contributed by atoms with Gasteiger partial charge in [-0.15, -0.1) is 0 Å². The van der Waals surface area contributed by atoms with E-state index in [1.165, 1.54) is 12.1 Å². The van der Waals surface area contributed by atoms with Gasteiger partial charge in [-0.2, -0.15) is 5.10 Å². The summed E-state index contributed by atoms with van der Waals surface area (Å²) in [6, 6.07) is 6.04. The van der Waals surface area contributed by atoms with Crippen molar-refractivity contribution in [3.05, 3.63) is 51.5 Å². The summed E-state index contributed by atoms with van der Waals surface area (Å²) in [5.41, 5.74) is 2.04. The molecule has 2 rings (SSSR count). The van der Waals surface area contributed by atoms with Crippen molar-refractivity contribution >= 4 is 21.7 Å². The topological polar surface area (TPSA) is 34.9 Å². The summed E-state index contributed by atoms with van der Waals surface area (Å²) in [6.45, 7) is 1.87. The third-order valence-corrected chi connectivity index (χ3v) is 3.08. The fraction of sp³-hybridized carbons (Fsp3) is 0.231. The highest BCUT2D eigenvalue weighted by Crippen LogP contribution is 2.17. The zero-order chi connectivity index (χ0) is 13.3. The van der Waals surface area contributed by atoms with Crippen molar-refractivity contribution in [1.29, 1.82) is 0 Å². The van der Waals surface area contributed by atoms with Gasteiger partial charge in [-0.25, -0.2) is 4.39 Å². The second-order valence-electron chi connectivity index (χ2n) is 4.16. The molecule has 0 bridgehead atoms. The van der Waals surface area contributed by atoms with Crippen LogP contribution in [0.2, 0.25) is 0 Å². The summed E-state index contributed by atoms with van der Waals surface area (Å²) < 4.78 is 15.4.